The van der Waals surface area contributed by atoms with E-state index in [0.717, 1.165) is 41.5 Å². The van der Waals surface area contributed by atoms with Crippen molar-refractivity contribution in [2.75, 3.05) is 13.1 Å². The summed E-state index contributed by atoms with van der Waals surface area (Å²) in [6.07, 6.45) is 2.03. The van der Waals surface area contributed by atoms with Gasteiger partial charge in [-0.1, -0.05) is 15.9 Å². The van der Waals surface area contributed by atoms with Crippen molar-refractivity contribution in [3.63, 3.8) is 0 Å². The molecule has 1 atom stereocenters. The normalized spacial score (nSPS) is 17.5. The van der Waals surface area contributed by atoms with Gasteiger partial charge in [0.25, 0.3) is 5.91 Å². The largest absolute Gasteiger partial charge is 0.339 e. The summed E-state index contributed by atoms with van der Waals surface area (Å²) in [5.74, 6) is 0.697. The Bertz CT molecular complexity index is 471. The molecule has 0 saturated carbocycles. The Morgan fingerprint density at radius 2 is 2.00 bits per heavy atom. The molecule has 20 heavy (non-hydrogen) atoms. The standard InChI is InChI=1S/C15H21BrN2O.ClH/c1-10-9-13(16)3-4-14(10)15(19)18-7-5-12(6-8-18)11(2)17;/h3-4,9,11-12H,5-8,17H2,1-2H3;1H. The van der Waals surface area contributed by atoms with Crippen LogP contribution in [0.4, 0.5) is 0 Å². The molecule has 1 saturated heterocycles. The quantitative estimate of drug-likeness (QED) is 0.878. The Morgan fingerprint density at radius 1 is 1.40 bits per heavy atom. The van der Waals surface area contributed by atoms with E-state index in [2.05, 4.69) is 22.9 Å². The lowest BCUT2D eigenvalue weighted by atomic mass is 9.90. The van der Waals surface area contributed by atoms with E-state index in [1.165, 1.54) is 0 Å². The van der Waals surface area contributed by atoms with Crippen molar-refractivity contribution in [1.82, 2.24) is 4.90 Å². The second-order valence-corrected chi connectivity index (χ2v) is 6.36. The molecule has 0 bridgehead atoms. The molecule has 0 aliphatic carbocycles. The first kappa shape index (κ1) is 17.5. The molecule has 112 valence electrons. The maximum absolute atomic E-state index is 12.5. The van der Waals surface area contributed by atoms with Gasteiger partial charge in [0, 0.05) is 29.2 Å². The molecule has 1 unspecified atom stereocenters. The lowest BCUT2D eigenvalue weighted by molar-refractivity contribution is 0.0680. The lowest BCUT2D eigenvalue weighted by Crippen LogP contribution is -2.42. The molecule has 1 heterocycles. The predicted molar refractivity (Wildman–Crippen MR) is 88.4 cm³/mol. The van der Waals surface area contributed by atoms with Crippen LogP contribution in [0.1, 0.15) is 35.7 Å². The summed E-state index contributed by atoms with van der Waals surface area (Å²) in [7, 11) is 0. The van der Waals surface area contributed by atoms with Crippen LogP contribution in [-0.4, -0.2) is 29.9 Å². The Balaban J connectivity index is 0.00000200. The van der Waals surface area contributed by atoms with Crippen LogP contribution >= 0.6 is 28.3 Å². The highest BCUT2D eigenvalue weighted by Gasteiger charge is 2.25. The molecule has 5 heteroatoms. The summed E-state index contributed by atoms with van der Waals surface area (Å²) in [6, 6.07) is 6.04. The van der Waals surface area contributed by atoms with Crippen molar-refractivity contribution in [2.24, 2.45) is 11.7 Å². The van der Waals surface area contributed by atoms with Gasteiger partial charge in [0.1, 0.15) is 0 Å². The number of halogens is 2. The smallest absolute Gasteiger partial charge is 0.254 e. The summed E-state index contributed by atoms with van der Waals surface area (Å²) < 4.78 is 1.01. The molecule has 1 aliphatic rings. The fourth-order valence-corrected chi connectivity index (χ4v) is 3.14. The number of amides is 1. The zero-order valence-corrected chi connectivity index (χ0v) is 14.3. The third kappa shape index (κ3) is 3.96. The van der Waals surface area contributed by atoms with Crippen LogP contribution in [0, 0.1) is 12.8 Å². The molecule has 2 N–H and O–H groups in total. The first-order chi connectivity index (χ1) is 8.99. The number of piperidine rings is 1. The minimum atomic E-state index is 0. The topological polar surface area (TPSA) is 46.3 Å². The van der Waals surface area contributed by atoms with E-state index in [-0.39, 0.29) is 24.4 Å². The van der Waals surface area contributed by atoms with Crippen LogP contribution in [0.5, 0.6) is 0 Å². The van der Waals surface area contributed by atoms with Crippen molar-refractivity contribution in [3.05, 3.63) is 33.8 Å². The van der Waals surface area contributed by atoms with Crippen molar-refractivity contribution in [1.29, 1.82) is 0 Å². The van der Waals surface area contributed by atoms with Crippen LogP contribution in [-0.2, 0) is 0 Å². The highest BCUT2D eigenvalue weighted by molar-refractivity contribution is 9.10. The zero-order chi connectivity index (χ0) is 14.0. The number of nitrogens with zero attached hydrogens (tertiary/aromatic N) is 1. The number of carbonyl (C=O) groups is 1. The lowest BCUT2D eigenvalue weighted by Gasteiger charge is -2.34. The average molecular weight is 362 g/mol. The van der Waals surface area contributed by atoms with Gasteiger partial charge in [0.05, 0.1) is 0 Å². The maximum Gasteiger partial charge on any atom is 0.254 e. The minimum Gasteiger partial charge on any atom is -0.339 e. The number of aryl methyl sites for hydroxylation is 1. The van der Waals surface area contributed by atoms with E-state index in [9.17, 15) is 4.79 Å². The second-order valence-electron chi connectivity index (χ2n) is 5.45. The number of hydrogen-bond donors (Lipinski definition) is 1. The van der Waals surface area contributed by atoms with Gasteiger partial charge in [0.2, 0.25) is 0 Å². The highest BCUT2D eigenvalue weighted by atomic mass is 79.9. The van der Waals surface area contributed by atoms with E-state index in [1.54, 1.807) is 0 Å². The molecule has 0 spiro atoms. The van der Waals surface area contributed by atoms with E-state index in [4.69, 9.17) is 5.73 Å². The molecule has 2 rings (SSSR count). The Kier molecular flexibility index (Phi) is 6.49. The third-order valence-electron chi connectivity index (χ3n) is 3.99. The fraction of sp³-hybridized carbons (Fsp3) is 0.533. The second kappa shape index (κ2) is 7.43. The molecular formula is C15H22BrClN2O. The van der Waals surface area contributed by atoms with Gasteiger partial charge in [0.15, 0.2) is 0 Å². The summed E-state index contributed by atoms with van der Waals surface area (Å²) in [6.45, 7) is 5.68. The molecule has 1 aromatic rings. The Morgan fingerprint density at radius 3 is 2.50 bits per heavy atom. The number of carbonyl (C=O) groups excluding carboxylic acids is 1. The van der Waals surface area contributed by atoms with Crippen LogP contribution in [0.2, 0.25) is 0 Å². The van der Waals surface area contributed by atoms with E-state index in [0.29, 0.717) is 5.92 Å². The van der Waals surface area contributed by atoms with E-state index >= 15 is 0 Å². The molecule has 1 amide bonds. The first-order valence-electron chi connectivity index (χ1n) is 6.80. The maximum atomic E-state index is 12.5. The molecule has 0 radical (unpaired) electrons. The average Bonchev–Trinajstić information content (AvgIpc) is 2.38. The zero-order valence-electron chi connectivity index (χ0n) is 11.9. The molecule has 1 aliphatic heterocycles. The molecule has 0 aromatic heterocycles. The van der Waals surface area contributed by atoms with Crippen molar-refractivity contribution >= 4 is 34.2 Å². The molecular weight excluding hydrogens is 340 g/mol. The van der Waals surface area contributed by atoms with Crippen LogP contribution in [0.15, 0.2) is 22.7 Å². The van der Waals surface area contributed by atoms with Gasteiger partial charge in [-0.15, -0.1) is 12.4 Å². The predicted octanol–water partition coefficient (Wildman–Crippen LogP) is 3.38. The first-order valence-corrected chi connectivity index (χ1v) is 7.59. The number of benzene rings is 1. The van der Waals surface area contributed by atoms with Crippen molar-refractivity contribution in [3.8, 4) is 0 Å². The third-order valence-corrected chi connectivity index (χ3v) is 4.48. The molecule has 1 aromatic carbocycles. The monoisotopic (exact) mass is 360 g/mol. The fourth-order valence-electron chi connectivity index (χ4n) is 2.67. The van der Waals surface area contributed by atoms with Gasteiger partial charge in [-0.3, -0.25) is 4.79 Å². The van der Waals surface area contributed by atoms with Crippen molar-refractivity contribution < 1.29 is 4.79 Å². The summed E-state index contributed by atoms with van der Waals surface area (Å²) in [4.78, 5) is 14.4. The Labute approximate surface area is 135 Å². The summed E-state index contributed by atoms with van der Waals surface area (Å²) >= 11 is 3.43. The summed E-state index contributed by atoms with van der Waals surface area (Å²) in [5, 5.41) is 0. The van der Waals surface area contributed by atoms with Crippen LogP contribution < -0.4 is 5.73 Å². The highest BCUT2D eigenvalue weighted by Crippen LogP contribution is 2.23. The van der Waals surface area contributed by atoms with Gasteiger partial charge >= 0.3 is 0 Å². The van der Waals surface area contributed by atoms with Gasteiger partial charge < -0.3 is 10.6 Å². The molecule has 1 fully saturated rings. The minimum absolute atomic E-state index is 0. The number of nitrogens with two attached hydrogens (primary N) is 1. The van der Waals surface area contributed by atoms with Gasteiger partial charge in [-0.2, -0.15) is 0 Å². The van der Waals surface area contributed by atoms with Crippen LogP contribution in [0.3, 0.4) is 0 Å². The molecule has 3 nitrogen and oxygen atoms in total. The van der Waals surface area contributed by atoms with Crippen LogP contribution in [0.25, 0.3) is 0 Å². The van der Waals surface area contributed by atoms with E-state index in [1.807, 2.05) is 30.0 Å². The van der Waals surface area contributed by atoms with Crippen molar-refractivity contribution in [2.45, 2.75) is 32.7 Å². The number of likely N-dealkylation sites (tertiary alicyclic amines) is 1. The van der Waals surface area contributed by atoms with E-state index < -0.39 is 0 Å². The van der Waals surface area contributed by atoms with Gasteiger partial charge in [-0.05, 0) is 56.4 Å². The van der Waals surface area contributed by atoms with Gasteiger partial charge in [-0.25, -0.2) is 0 Å². The Hall–Kier alpha value is -0.580. The SMILES string of the molecule is Cc1cc(Br)ccc1C(=O)N1CCC(C(C)N)CC1.Cl. The number of rotatable bonds is 2. The number of hydrogen-bond acceptors (Lipinski definition) is 2. The summed E-state index contributed by atoms with van der Waals surface area (Å²) in [5.41, 5.74) is 7.76.